The van der Waals surface area contributed by atoms with Gasteiger partial charge in [-0.25, -0.2) is 0 Å². The summed E-state index contributed by atoms with van der Waals surface area (Å²) in [7, 11) is 0. The van der Waals surface area contributed by atoms with E-state index in [1.807, 2.05) is 20.0 Å². The van der Waals surface area contributed by atoms with E-state index in [1.54, 1.807) is 11.8 Å². The Bertz CT molecular complexity index is 1150. The molecule has 3 aromatic rings. The third-order valence-electron chi connectivity index (χ3n) is 6.20. The Hall–Kier alpha value is -3.09. The van der Waals surface area contributed by atoms with Gasteiger partial charge >= 0.3 is 5.97 Å². The number of anilines is 1. The predicted molar refractivity (Wildman–Crippen MR) is 110 cm³/mol. The zero-order valence-corrected chi connectivity index (χ0v) is 16.9. The minimum Gasteiger partial charge on any atom is -0.465 e. The van der Waals surface area contributed by atoms with E-state index in [-0.39, 0.29) is 18.4 Å². The van der Waals surface area contributed by atoms with Crippen LogP contribution in [0.25, 0.3) is 22.3 Å². The van der Waals surface area contributed by atoms with E-state index in [2.05, 4.69) is 27.3 Å². The van der Waals surface area contributed by atoms with Gasteiger partial charge in [-0.15, -0.1) is 0 Å². The number of aromatic amines is 2. The molecule has 7 nitrogen and oxygen atoms in total. The molecule has 1 aromatic carbocycles. The smallest absolute Gasteiger partial charge is 0.326 e. The molecule has 1 aliphatic heterocycles. The molecule has 0 radical (unpaired) electrons. The van der Waals surface area contributed by atoms with Crippen molar-refractivity contribution in [3.63, 3.8) is 0 Å². The maximum Gasteiger partial charge on any atom is 0.326 e. The van der Waals surface area contributed by atoms with E-state index >= 15 is 0 Å². The van der Waals surface area contributed by atoms with Gasteiger partial charge in [-0.05, 0) is 68.9 Å². The zero-order chi connectivity index (χ0) is 20.3. The monoisotopic (exact) mass is 392 g/mol. The van der Waals surface area contributed by atoms with E-state index in [0.717, 1.165) is 52.8 Å². The number of carbonyl (C=O) groups excluding carboxylic acids is 2. The summed E-state index contributed by atoms with van der Waals surface area (Å²) in [4.78, 5) is 30.4. The molecule has 0 saturated heterocycles. The standard InChI is InChI=1S/C22H24N4O3/c1-4-29-18(27)11-26-17-8-14-13-7-5-6-12-10-23-25-19(12)20(13)24-16(14)9-15(17)22(2,3)21(26)28/h8-10,24H,4-7,11H2,1-3H3,(H,23,25). The van der Waals surface area contributed by atoms with Crippen LogP contribution < -0.4 is 4.90 Å². The lowest BCUT2D eigenvalue weighted by Gasteiger charge is -2.19. The molecule has 2 N–H and O–H groups in total. The summed E-state index contributed by atoms with van der Waals surface area (Å²) in [6.07, 6.45) is 4.88. The number of aryl methyl sites for hydroxylation is 2. The molecule has 0 unspecified atom stereocenters. The SMILES string of the molecule is CCOC(=O)CN1C(=O)C(C)(C)c2cc3[nH]c4c(c3cc21)CCCc1cn[nH]c1-4. The lowest BCUT2D eigenvalue weighted by Crippen LogP contribution is -2.39. The van der Waals surface area contributed by atoms with Crippen molar-refractivity contribution in [1.82, 2.24) is 15.2 Å². The summed E-state index contributed by atoms with van der Waals surface area (Å²) in [6, 6.07) is 4.13. The minimum atomic E-state index is -0.697. The second-order valence-electron chi connectivity index (χ2n) is 8.34. The lowest BCUT2D eigenvalue weighted by atomic mass is 9.85. The van der Waals surface area contributed by atoms with Crippen LogP contribution in [0.5, 0.6) is 0 Å². The Balaban J connectivity index is 1.68. The number of ether oxygens (including phenoxy) is 1. The maximum atomic E-state index is 13.1. The average molecular weight is 392 g/mol. The first-order valence-electron chi connectivity index (χ1n) is 10.1. The molecule has 0 atom stereocenters. The highest BCUT2D eigenvalue weighted by Gasteiger charge is 2.45. The molecular weight excluding hydrogens is 368 g/mol. The molecule has 3 heterocycles. The summed E-state index contributed by atoms with van der Waals surface area (Å²) >= 11 is 0. The van der Waals surface area contributed by atoms with Gasteiger partial charge in [0.05, 0.1) is 29.6 Å². The molecule has 2 aliphatic rings. The third-order valence-corrected chi connectivity index (χ3v) is 6.20. The van der Waals surface area contributed by atoms with Crippen LogP contribution in [-0.4, -0.2) is 40.2 Å². The van der Waals surface area contributed by atoms with Gasteiger partial charge in [0.15, 0.2) is 0 Å². The molecule has 2 aromatic heterocycles. The molecule has 29 heavy (non-hydrogen) atoms. The van der Waals surface area contributed by atoms with E-state index < -0.39 is 5.41 Å². The van der Waals surface area contributed by atoms with Crippen LogP contribution in [0, 0.1) is 0 Å². The molecule has 0 saturated carbocycles. The van der Waals surface area contributed by atoms with Gasteiger partial charge in [-0.3, -0.25) is 14.7 Å². The number of rotatable bonds is 3. The molecule has 5 rings (SSSR count). The van der Waals surface area contributed by atoms with Crippen LogP contribution in [-0.2, 0) is 32.6 Å². The molecule has 0 fully saturated rings. The zero-order valence-electron chi connectivity index (χ0n) is 16.9. The fraction of sp³-hybridized carbons (Fsp3) is 0.409. The summed E-state index contributed by atoms with van der Waals surface area (Å²) in [5.74, 6) is -0.463. The molecular formula is C22H24N4O3. The van der Waals surface area contributed by atoms with Crippen molar-refractivity contribution in [3.8, 4) is 11.4 Å². The Morgan fingerprint density at radius 2 is 2.10 bits per heavy atom. The second kappa shape index (κ2) is 6.20. The number of benzene rings is 1. The number of hydrogen-bond donors (Lipinski definition) is 2. The fourth-order valence-electron chi connectivity index (χ4n) is 4.71. The first-order valence-corrected chi connectivity index (χ1v) is 10.1. The van der Waals surface area contributed by atoms with Gasteiger partial charge < -0.3 is 14.6 Å². The van der Waals surface area contributed by atoms with Crippen molar-refractivity contribution in [2.24, 2.45) is 0 Å². The van der Waals surface area contributed by atoms with E-state index in [1.165, 1.54) is 11.1 Å². The van der Waals surface area contributed by atoms with Crippen LogP contribution in [0.4, 0.5) is 5.69 Å². The lowest BCUT2D eigenvalue weighted by molar-refractivity contribution is -0.142. The Labute approximate surface area is 168 Å². The molecule has 1 aliphatic carbocycles. The van der Waals surface area contributed by atoms with Crippen molar-refractivity contribution in [2.45, 2.75) is 45.4 Å². The van der Waals surface area contributed by atoms with E-state index in [9.17, 15) is 9.59 Å². The highest BCUT2D eigenvalue weighted by atomic mass is 16.5. The minimum absolute atomic E-state index is 0.0636. The first-order chi connectivity index (χ1) is 13.9. The van der Waals surface area contributed by atoms with Gasteiger partial charge in [0.1, 0.15) is 6.54 Å². The largest absolute Gasteiger partial charge is 0.465 e. The summed E-state index contributed by atoms with van der Waals surface area (Å²) < 4.78 is 5.10. The van der Waals surface area contributed by atoms with Crippen molar-refractivity contribution < 1.29 is 14.3 Å². The maximum absolute atomic E-state index is 13.1. The molecule has 0 bridgehead atoms. The van der Waals surface area contributed by atoms with E-state index in [4.69, 9.17) is 4.74 Å². The van der Waals surface area contributed by atoms with Gasteiger partial charge in [0.2, 0.25) is 5.91 Å². The summed E-state index contributed by atoms with van der Waals surface area (Å²) in [5.41, 5.74) is 6.63. The van der Waals surface area contributed by atoms with Crippen LogP contribution in [0.2, 0.25) is 0 Å². The Kier molecular flexibility index (Phi) is 3.84. The number of H-pyrrole nitrogens is 2. The molecule has 7 heteroatoms. The Morgan fingerprint density at radius 1 is 1.28 bits per heavy atom. The molecule has 0 spiro atoms. The first kappa shape index (κ1) is 18.0. The van der Waals surface area contributed by atoms with Gasteiger partial charge in [-0.1, -0.05) is 0 Å². The van der Waals surface area contributed by atoms with Crippen LogP contribution >= 0.6 is 0 Å². The fourth-order valence-corrected chi connectivity index (χ4v) is 4.71. The highest BCUT2D eigenvalue weighted by molar-refractivity contribution is 6.12. The Morgan fingerprint density at radius 3 is 2.90 bits per heavy atom. The van der Waals surface area contributed by atoms with E-state index in [0.29, 0.717) is 6.61 Å². The van der Waals surface area contributed by atoms with Crippen molar-refractivity contribution in [3.05, 3.63) is 35.0 Å². The van der Waals surface area contributed by atoms with Gasteiger partial charge in [0, 0.05) is 16.6 Å². The number of amides is 1. The van der Waals surface area contributed by atoms with Crippen LogP contribution in [0.3, 0.4) is 0 Å². The van der Waals surface area contributed by atoms with Crippen molar-refractivity contribution in [1.29, 1.82) is 0 Å². The average Bonchev–Trinajstić information content (AvgIpc) is 3.29. The number of nitrogens with one attached hydrogen (secondary N) is 2. The number of fused-ring (bicyclic) bond motifs is 6. The molecule has 1 amide bonds. The van der Waals surface area contributed by atoms with Crippen LogP contribution in [0.15, 0.2) is 18.3 Å². The quantitative estimate of drug-likeness (QED) is 0.670. The topological polar surface area (TPSA) is 91.1 Å². The highest BCUT2D eigenvalue weighted by Crippen LogP contribution is 2.45. The second-order valence-corrected chi connectivity index (χ2v) is 8.34. The molecule has 150 valence electrons. The number of aromatic nitrogens is 3. The van der Waals surface area contributed by atoms with Crippen molar-refractivity contribution >= 4 is 28.5 Å². The summed E-state index contributed by atoms with van der Waals surface area (Å²) in [5, 5.41) is 8.46. The number of carbonyl (C=O) groups is 2. The number of esters is 1. The van der Waals surface area contributed by atoms with Gasteiger partial charge in [-0.2, -0.15) is 5.10 Å². The normalized spacial score (nSPS) is 17.1. The third kappa shape index (κ3) is 2.53. The summed E-state index contributed by atoms with van der Waals surface area (Å²) in [6.45, 7) is 5.82. The van der Waals surface area contributed by atoms with Gasteiger partial charge in [0.25, 0.3) is 0 Å². The number of hydrogen-bond acceptors (Lipinski definition) is 4. The van der Waals surface area contributed by atoms with Crippen molar-refractivity contribution in [2.75, 3.05) is 18.1 Å². The number of nitrogens with zero attached hydrogens (tertiary/aromatic N) is 2. The van der Waals surface area contributed by atoms with Crippen LogP contribution in [0.1, 0.15) is 43.9 Å². The predicted octanol–water partition coefficient (Wildman–Crippen LogP) is 3.23.